The second-order valence-electron chi connectivity index (χ2n) is 7.57. The van der Waals surface area contributed by atoms with E-state index in [1.165, 1.54) is 18.2 Å². The van der Waals surface area contributed by atoms with Gasteiger partial charge in [-0.2, -0.15) is 0 Å². The minimum Gasteiger partial charge on any atom is -0.486 e. The molecule has 0 saturated carbocycles. The van der Waals surface area contributed by atoms with E-state index < -0.39 is 0 Å². The molecular weight excluding hydrogens is 412 g/mol. The number of carbonyl (C=O) groups excluding carboxylic acids is 1. The number of benzene rings is 2. The molecule has 0 atom stereocenters. The van der Waals surface area contributed by atoms with E-state index in [1.807, 2.05) is 30.3 Å². The Bertz CT molecular complexity index is 1060. The summed E-state index contributed by atoms with van der Waals surface area (Å²) in [5.74, 6) is 2.45. The molecule has 0 bridgehead atoms. The van der Waals surface area contributed by atoms with E-state index in [4.69, 9.17) is 9.47 Å². The average molecular weight is 437 g/mol. The molecule has 160 valence electrons. The topological polar surface area (TPSA) is 69.5 Å². The van der Waals surface area contributed by atoms with E-state index >= 15 is 0 Å². The summed E-state index contributed by atoms with van der Waals surface area (Å²) >= 11 is 1.41. The second-order valence-corrected chi connectivity index (χ2v) is 8.51. The molecule has 0 radical (unpaired) electrons. The lowest BCUT2D eigenvalue weighted by molar-refractivity contribution is 0.102. The molecule has 3 heterocycles. The van der Waals surface area contributed by atoms with Crippen LogP contribution in [0.25, 0.3) is 5.69 Å². The molecule has 0 unspecified atom stereocenters. The van der Waals surface area contributed by atoms with Crippen LogP contribution in [0.5, 0.6) is 11.5 Å². The number of aromatic nitrogens is 3. The molecule has 1 saturated heterocycles. The number of para-hydroxylation sites is 1. The largest absolute Gasteiger partial charge is 0.486 e. The molecular formula is C23H24N4O3S. The fourth-order valence-electron chi connectivity index (χ4n) is 3.89. The van der Waals surface area contributed by atoms with E-state index in [-0.39, 0.29) is 11.5 Å². The highest BCUT2D eigenvalue weighted by Crippen LogP contribution is 2.32. The van der Waals surface area contributed by atoms with Crippen LogP contribution in [0.1, 0.15) is 29.6 Å². The molecule has 7 nitrogen and oxygen atoms in total. The van der Waals surface area contributed by atoms with Gasteiger partial charge in [0.05, 0.1) is 11.4 Å². The molecule has 0 N–H and O–H groups in total. The summed E-state index contributed by atoms with van der Waals surface area (Å²) < 4.78 is 13.2. The van der Waals surface area contributed by atoms with Crippen molar-refractivity contribution < 1.29 is 14.3 Å². The maximum absolute atomic E-state index is 12.9. The number of anilines is 1. The first-order chi connectivity index (χ1) is 15.3. The van der Waals surface area contributed by atoms with Gasteiger partial charge in [0.25, 0.3) is 0 Å². The Kier molecular flexibility index (Phi) is 5.80. The van der Waals surface area contributed by atoms with E-state index in [1.54, 1.807) is 18.2 Å². The summed E-state index contributed by atoms with van der Waals surface area (Å²) in [6.45, 7) is 2.99. The molecule has 5 rings (SSSR count). The summed E-state index contributed by atoms with van der Waals surface area (Å²) in [7, 11) is 0. The third-order valence-corrected chi connectivity index (χ3v) is 6.40. The van der Waals surface area contributed by atoms with Crippen LogP contribution in [0.3, 0.4) is 0 Å². The number of rotatable bonds is 6. The molecule has 2 aromatic carbocycles. The standard InChI is InChI=1S/C23H24N4O3S/c28-19(17-9-10-20-21(15-17)30-14-13-29-20)16-31-23-25-24-22(26-11-5-2-6-12-26)27(23)18-7-3-1-4-8-18/h1,3-4,7-10,15H,2,5-6,11-14,16H2. The van der Waals surface area contributed by atoms with Crippen molar-refractivity contribution >= 4 is 23.5 Å². The number of carbonyl (C=O) groups is 1. The zero-order valence-corrected chi connectivity index (χ0v) is 18.0. The third-order valence-electron chi connectivity index (χ3n) is 5.47. The highest BCUT2D eigenvalue weighted by atomic mass is 32.2. The van der Waals surface area contributed by atoms with Crippen LogP contribution in [0.4, 0.5) is 5.95 Å². The minimum absolute atomic E-state index is 0.0177. The zero-order chi connectivity index (χ0) is 21.0. The fourth-order valence-corrected chi connectivity index (χ4v) is 4.73. The maximum Gasteiger partial charge on any atom is 0.232 e. The van der Waals surface area contributed by atoms with Crippen LogP contribution in [0, 0.1) is 0 Å². The van der Waals surface area contributed by atoms with Gasteiger partial charge in [0.2, 0.25) is 5.95 Å². The molecule has 8 heteroatoms. The van der Waals surface area contributed by atoms with Crippen LogP contribution in [0.2, 0.25) is 0 Å². The monoisotopic (exact) mass is 436 g/mol. The number of Topliss-reactive ketones (excluding diaryl/α,β-unsaturated/α-hetero) is 1. The summed E-state index contributed by atoms with van der Waals surface area (Å²) in [6, 6.07) is 15.4. The Labute approximate surface area is 185 Å². The highest BCUT2D eigenvalue weighted by Gasteiger charge is 2.22. The van der Waals surface area contributed by atoms with Gasteiger partial charge in [-0.1, -0.05) is 30.0 Å². The quantitative estimate of drug-likeness (QED) is 0.427. The van der Waals surface area contributed by atoms with Gasteiger partial charge in [0.15, 0.2) is 22.4 Å². The first kappa shape index (κ1) is 19.9. The smallest absolute Gasteiger partial charge is 0.232 e. The van der Waals surface area contributed by atoms with Crippen molar-refractivity contribution in [2.75, 3.05) is 37.0 Å². The van der Waals surface area contributed by atoms with Gasteiger partial charge in [0.1, 0.15) is 13.2 Å². The minimum atomic E-state index is 0.0177. The van der Waals surface area contributed by atoms with Gasteiger partial charge >= 0.3 is 0 Å². The first-order valence-corrected chi connectivity index (χ1v) is 11.6. The second kappa shape index (κ2) is 9.01. The highest BCUT2D eigenvalue weighted by molar-refractivity contribution is 7.99. The number of fused-ring (bicyclic) bond motifs is 1. The zero-order valence-electron chi connectivity index (χ0n) is 17.2. The van der Waals surface area contributed by atoms with Crippen molar-refractivity contribution in [3.8, 4) is 17.2 Å². The molecule has 3 aromatic rings. The summed E-state index contributed by atoms with van der Waals surface area (Å²) in [6.07, 6.45) is 3.57. The molecule has 2 aliphatic heterocycles. The predicted molar refractivity (Wildman–Crippen MR) is 120 cm³/mol. The van der Waals surface area contributed by atoms with E-state index in [0.717, 1.165) is 42.7 Å². The Morgan fingerprint density at radius 1 is 0.935 bits per heavy atom. The van der Waals surface area contributed by atoms with Crippen LogP contribution in [0.15, 0.2) is 53.7 Å². The lowest BCUT2D eigenvalue weighted by atomic mass is 10.1. The van der Waals surface area contributed by atoms with Gasteiger partial charge < -0.3 is 14.4 Å². The molecule has 1 aromatic heterocycles. The van der Waals surface area contributed by atoms with E-state index in [9.17, 15) is 4.79 Å². The Morgan fingerprint density at radius 3 is 2.52 bits per heavy atom. The Morgan fingerprint density at radius 2 is 1.71 bits per heavy atom. The lowest BCUT2D eigenvalue weighted by Crippen LogP contribution is -2.31. The summed E-state index contributed by atoms with van der Waals surface area (Å²) in [5, 5.41) is 9.66. The van der Waals surface area contributed by atoms with Gasteiger partial charge in [-0.15, -0.1) is 10.2 Å². The first-order valence-electron chi connectivity index (χ1n) is 10.6. The Hall–Kier alpha value is -3.00. The number of ether oxygens (including phenoxy) is 2. The van der Waals surface area contributed by atoms with Gasteiger partial charge in [-0.3, -0.25) is 9.36 Å². The molecule has 0 aliphatic carbocycles. The van der Waals surface area contributed by atoms with Crippen molar-refractivity contribution in [1.29, 1.82) is 0 Å². The SMILES string of the molecule is O=C(CSc1nnc(N2CCCCC2)n1-c1ccccc1)c1ccc2c(c1)OCCO2. The van der Waals surface area contributed by atoms with Gasteiger partial charge in [-0.05, 0) is 49.6 Å². The molecule has 2 aliphatic rings. The van der Waals surface area contributed by atoms with Crippen molar-refractivity contribution in [1.82, 2.24) is 14.8 Å². The summed E-state index contributed by atoms with van der Waals surface area (Å²) in [4.78, 5) is 15.2. The molecule has 1 fully saturated rings. The lowest BCUT2D eigenvalue weighted by Gasteiger charge is -2.27. The normalized spacial score (nSPS) is 15.7. The van der Waals surface area contributed by atoms with E-state index in [0.29, 0.717) is 30.3 Å². The van der Waals surface area contributed by atoms with Crippen molar-refractivity contribution in [3.63, 3.8) is 0 Å². The average Bonchev–Trinajstić information content (AvgIpc) is 3.27. The van der Waals surface area contributed by atoms with Gasteiger partial charge in [-0.25, -0.2) is 0 Å². The van der Waals surface area contributed by atoms with Crippen LogP contribution < -0.4 is 14.4 Å². The van der Waals surface area contributed by atoms with E-state index in [2.05, 4.69) is 19.7 Å². The molecule has 0 spiro atoms. The van der Waals surface area contributed by atoms with Crippen molar-refractivity contribution in [2.45, 2.75) is 24.4 Å². The predicted octanol–water partition coefficient (Wildman–Crippen LogP) is 4.00. The number of hydrogen-bond acceptors (Lipinski definition) is 7. The molecule has 0 amide bonds. The molecule has 31 heavy (non-hydrogen) atoms. The number of piperidine rings is 1. The maximum atomic E-state index is 12.9. The number of nitrogens with zero attached hydrogens (tertiary/aromatic N) is 4. The van der Waals surface area contributed by atoms with Crippen LogP contribution >= 0.6 is 11.8 Å². The summed E-state index contributed by atoms with van der Waals surface area (Å²) in [5.41, 5.74) is 1.61. The number of ketones is 1. The fraction of sp³-hybridized carbons (Fsp3) is 0.348. The Balaban J connectivity index is 1.37. The van der Waals surface area contributed by atoms with Crippen LogP contribution in [-0.2, 0) is 0 Å². The number of hydrogen-bond donors (Lipinski definition) is 0. The van der Waals surface area contributed by atoms with Gasteiger partial charge in [0, 0.05) is 18.7 Å². The van der Waals surface area contributed by atoms with Crippen molar-refractivity contribution in [3.05, 3.63) is 54.1 Å². The van der Waals surface area contributed by atoms with Crippen molar-refractivity contribution in [2.24, 2.45) is 0 Å². The van der Waals surface area contributed by atoms with Crippen LogP contribution in [-0.4, -0.2) is 52.6 Å². The number of thioether (sulfide) groups is 1. The third kappa shape index (κ3) is 4.25.